The number of aliphatic carboxylic acids is 1. The summed E-state index contributed by atoms with van der Waals surface area (Å²) in [6.07, 6.45) is -4.93. The Balaban J connectivity index is 1.69. The molecule has 0 unspecified atom stereocenters. The molecular weight excluding hydrogens is 375 g/mol. The molecule has 2 N–H and O–H groups in total. The molecule has 8 heteroatoms. The minimum Gasteiger partial charge on any atom is -0.481 e. The number of hydrogen-bond donors (Lipinski definition) is 2. The second-order valence-electron chi connectivity index (χ2n) is 6.81. The molecule has 0 saturated carbocycles. The Morgan fingerprint density at radius 1 is 1.14 bits per heavy atom. The molecule has 5 nitrogen and oxygen atoms in total. The molecule has 1 heterocycles. The maximum absolute atomic E-state index is 12.8. The highest BCUT2D eigenvalue weighted by Gasteiger charge is 2.33. The summed E-state index contributed by atoms with van der Waals surface area (Å²) in [5, 5.41) is 19.0. The van der Waals surface area contributed by atoms with E-state index in [1.54, 1.807) is 18.2 Å². The Morgan fingerprint density at radius 2 is 1.82 bits per heavy atom. The third-order valence-electron chi connectivity index (χ3n) is 4.68. The van der Waals surface area contributed by atoms with Gasteiger partial charge in [0.25, 0.3) is 0 Å². The fourth-order valence-corrected chi connectivity index (χ4v) is 3.23. The van der Waals surface area contributed by atoms with Crippen molar-refractivity contribution in [2.24, 2.45) is 5.92 Å². The third kappa shape index (κ3) is 5.02. The molecule has 0 radical (unpaired) electrons. The van der Waals surface area contributed by atoms with Crippen LogP contribution in [-0.4, -0.2) is 40.3 Å². The van der Waals surface area contributed by atoms with Gasteiger partial charge in [-0.05, 0) is 42.3 Å². The van der Waals surface area contributed by atoms with Crippen molar-refractivity contribution in [2.75, 3.05) is 13.1 Å². The van der Waals surface area contributed by atoms with Gasteiger partial charge in [-0.25, -0.2) is 0 Å². The molecule has 150 valence electrons. The molecule has 1 fully saturated rings. The van der Waals surface area contributed by atoms with Gasteiger partial charge < -0.3 is 14.9 Å². The highest BCUT2D eigenvalue weighted by molar-refractivity contribution is 5.71. The first-order chi connectivity index (χ1) is 13.2. The summed E-state index contributed by atoms with van der Waals surface area (Å²) < 4.78 is 44.0. The first-order valence-electron chi connectivity index (χ1n) is 8.79. The topological polar surface area (TPSA) is 70.0 Å². The third-order valence-corrected chi connectivity index (χ3v) is 4.68. The van der Waals surface area contributed by atoms with Crippen LogP contribution in [0.1, 0.15) is 17.5 Å². The molecule has 3 rings (SSSR count). The van der Waals surface area contributed by atoms with Crippen molar-refractivity contribution in [1.29, 1.82) is 0 Å². The largest absolute Gasteiger partial charge is 0.481 e. The minimum atomic E-state index is -4.44. The van der Waals surface area contributed by atoms with Crippen molar-refractivity contribution in [3.8, 4) is 11.5 Å². The van der Waals surface area contributed by atoms with Crippen LogP contribution in [0.2, 0.25) is 0 Å². The average molecular weight is 395 g/mol. The lowest BCUT2D eigenvalue weighted by atomic mass is 9.94. The summed E-state index contributed by atoms with van der Waals surface area (Å²) in [4.78, 5) is 13.2. The van der Waals surface area contributed by atoms with Gasteiger partial charge in [-0.15, -0.1) is 0 Å². The van der Waals surface area contributed by atoms with E-state index in [2.05, 4.69) is 0 Å². The van der Waals surface area contributed by atoms with E-state index in [0.717, 1.165) is 17.7 Å². The molecule has 1 saturated heterocycles. The fourth-order valence-electron chi connectivity index (χ4n) is 3.23. The first kappa shape index (κ1) is 20.2. The number of nitrogens with zero attached hydrogens (tertiary/aromatic N) is 1. The quantitative estimate of drug-likeness (QED) is 0.807. The Hall–Kier alpha value is -2.58. The molecule has 0 bridgehead atoms. The first-order valence-corrected chi connectivity index (χ1v) is 8.79. The molecule has 0 spiro atoms. The van der Waals surface area contributed by atoms with Crippen LogP contribution < -0.4 is 4.74 Å². The number of ether oxygens (including phenoxy) is 1. The molecule has 0 aromatic heterocycles. The Morgan fingerprint density at radius 3 is 2.50 bits per heavy atom. The summed E-state index contributed by atoms with van der Waals surface area (Å²) in [7, 11) is 0. The lowest BCUT2D eigenvalue weighted by Gasteiger charge is -2.34. The van der Waals surface area contributed by atoms with E-state index in [1.807, 2.05) is 11.0 Å². The van der Waals surface area contributed by atoms with Crippen LogP contribution in [0.3, 0.4) is 0 Å². The molecule has 1 aliphatic heterocycles. The maximum atomic E-state index is 12.8. The molecular formula is C20H20F3NO4. The van der Waals surface area contributed by atoms with E-state index >= 15 is 0 Å². The lowest BCUT2D eigenvalue weighted by Crippen LogP contribution is -2.46. The van der Waals surface area contributed by atoms with Gasteiger partial charge in [0.1, 0.15) is 11.5 Å². The molecule has 1 aliphatic rings. The van der Waals surface area contributed by atoms with Gasteiger partial charge in [-0.3, -0.25) is 9.69 Å². The number of rotatable bonds is 5. The van der Waals surface area contributed by atoms with Gasteiger partial charge in [-0.1, -0.05) is 18.2 Å². The number of carboxylic acid groups (broad SMARTS) is 1. The number of halogens is 3. The number of piperidine rings is 1. The zero-order valence-corrected chi connectivity index (χ0v) is 14.9. The van der Waals surface area contributed by atoms with Crippen molar-refractivity contribution >= 4 is 5.97 Å². The average Bonchev–Trinajstić information content (AvgIpc) is 2.63. The van der Waals surface area contributed by atoms with Gasteiger partial charge >= 0.3 is 12.1 Å². The van der Waals surface area contributed by atoms with E-state index in [9.17, 15) is 28.2 Å². The van der Waals surface area contributed by atoms with Gasteiger partial charge in [0.05, 0.1) is 17.6 Å². The van der Waals surface area contributed by atoms with Crippen molar-refractivity contribution in [3.05, 3.63) is 59.7 Å². The van der Waals surface area contributed by atoms with Crippen molar-refractivity contribution in [1.82, 2.24) is 4.90 Å². The summed E-state index contributed by atoms with van der Waals surface area (Å²) in [6, 6.07) is 11.6. The Bertz CT molecular complexity index is 840. The van der Waals surface area contributed by atoms with Gasteiger partial charge in [0.2, 0.25) is 0 Å². The SMILES string of the molecule is O=C(O)[C@@H]1CN(Cc2cccc(Oc3cccc(C(F)(F)F)c3)c2)CC[C@@H]1O. The van der Waals surface area contributed by atoms with Gasteiger partial charge in [0, 0.05) is 19.6 Å². The number of carboxylic acids is 1. The monoisotopic (exact) mass is 395 g/mol. The summed E-state index contributed by atoms with van der Waals surface area (Å²) in [5.74, 6) is -1.39. The number of alkyl halides is 3. The number of aliphatic hydroxyl groups excluding tert-OH is 1. The molecule has 2 atom stereocenters. The van der Waals surface area contributed by atoms with Crippen LogP contribution in [0.4, 0.5) is 13.2 Å². The highest BCUT2D eigenvalue weighted by atomic mass is 19.4. The molecule has 0 amide bonds. The Kier molecular flexibility index (Phi) is 5.90. The molecule has 0 aliphatic carbocycles. The van der Waals surface area contributed by atoms with Crippen molar-refractivity contribution in [2.45, 2.75) is 25.2 Å². The second-order valence-corrected chi connectivity index (χ2v) is 6.81. The Labute approximate surface area is 160 Å². The predicted molar refractivity (Wildman–Crippen MR) is 95.0 cm³/mol. The van der Waals surface area contributed by atoms with Crippen LogP contribution in [0.25, 0.3) is 0 Å². The minimum absolute atomic E-state index is 0.0824. The lowest BCUT2D eigenvalue weighted by molar-refractivity contribution is -0.149. The van der Waals surface area contributed by atoms with Crippen LogP contribution in [0.15, 0.2) is 48.5 Å². The van der Waals surface area contributed by atoms with Crippen molar-refractivity contribution in [3.63, 3.8) is 0 Å². The van der Waals surface area contributed by atoms with Crippen molar-refractivity contribution < 1.29 is 32.9 Å². The molecule has 2 aromatic rings. The van der Waals surface area contributed by atoms with E-state index in [4.69, 9.17) is 4.74 Å². The van der Waals surface area contributed by atoms with Crippen LogP contribution >= 0.6 is 0 Å². The maximum Gasteiger partial charge on any atom is 0.416 e. The van der Waals surface area contributed by atoms with E-state index in [0.29, 0.717) is 25.3 Å². The van der Waals surface area contributed by atoms with Crippen LogP contribution in [-0.2, 0) is 17.5 Å². The number of aliphatic hydroxyl groups is 1. The van der Waals surface area contributed by atoms with E-state index < -0.39 is 29.7 Å². The van der Waals surface area contributed by atoms with Crippen LogP contribution in [0.5, 0.6) is 11.5 Å². The molecule has 2 aromatic carbocycles. The zero-order valence-electron chi connectivity index (χ0n) is 14.9. The van der Waals surface area contributed by atoms with Gasteiger partial charge in [-0.2, -0.15) is 13.2 Å². The summed E-state index contributed by atoms with van der Waals surface area (Å²) in [5.41, 5.74) is 0.0535. The van der Waals surface area contributed by atoms with E-state index in [1.165, 1.54) is 12.1 Å². The standard InChI is InChI=1S/C20H20F3NO4/c21-20(22,23)14-4-2-6-16(10-14)28-15-5-1-3-13(9-15)11-24-8-7-18(25)17(12-24)19(26)27/h1-6,9-10,17-18,25H,7-8,11-12H2,(H,26,27)/t17-,18+/m1/s1. The number of hydrogen-bond acceptors (Lipinski definition) is 4. The number of carbonyl (C=O) groups is 1. The second kappa shape index (κ2) is 8.20. The molecule has 28 heavy (non-hydrogen) atoms. The summed E-state index contributed by atoms with van der Waals surface area (Å²) in [6.45, 7) is 1.25. The predicted octanol–water partition coefficient (Wildman–Crippen LogP) is 3.77. The number of likely N-dealkylation sites (tertiary alicyclic amines) is 1. The van der Waals surface area contributed by atoms with Crippen LogP contribution in [0, 0.1) is 5.92 Å². The summed E-state index contributed by atoms with van der Waals surface area (Å²) >= 11 is 0. The fraction of sp³-hybridized carbons (Fsp3) is 0.350. The zero-order chi connectivity index (χ0) is 20.3. The normalized spacial score (nSPS) is 20.7. The van der Waals surface area contributed by atoms with E-state index in [-0.39, 0.29) is 12.3 Å². The number of benzene rings is 2. The highest BCUT2D eigenvalue weighted by Crippen LogP contribution is 2.33. The van der Waals surface area contributed by atoms with Gasteiger partial charge in [0.15, 0.2) is 0 Å². The smallest absolute Gasteiger partial charge is 0.416 e.